The normalized spacial score (nSPS) is 22.8. The highest BCUT2D eigenvalue weighted by molar-refractivity contribution is 4.63. The summed E-state index contributed by atoms with van der Waals surface area (Å²) in [6, 6.07) is 0. The van der Waals surface area contributed by atoms with Crippen LogP contribution in [0.4, 0.5) is 0 Å². The van der Waals surface area contributed by atoms with Gasteiger partial charge < -0.3 is 5.73 Å². The maximum atomic E-state index is 5.59. The summed E-state index contributed by atoms with van der Waals surface area (Å²) in [5.74, 6) is 0.952. The van der Waals surface area contributed by atoms with E-state index in [9.17, 15) is 0 Å². The second kappa shape index (κ2) is 6.47. The Morgan fingerprint density at radius 2 is 1.33 bits per heavy atom. The van der Waals surface area contributed by atoms with Gasteiger partial charge in [0.05, 0.1) is 0 Å². The zero-order valence-corrected chi connectivity index (χ0v) is 8.23. The molecule has 1 nitrogen and oxygen atoms in total. The molecule has 0 aromatic rings. The van der Waals surface area contributed by atoms with Gasteiger partial charge in [-0.3, -0.25) is 0 Å². The van der Waals surface area contributed by atoms with Crippen molar-refractivity contribution >= 4 is 0 Å². The first-order valence-corrected chi connectivity index (χ1v) is 5.63. The van der Waals surface area contributed by atoms with Gasteiger partial charge in [0.25, 0.3) is 0 Å². The molecule has 72 valence electrons. The molecule has 1 aliphatic carbocycles. The fourth-order valence-corrected chi connectivity index (χ4v) is 2.24. The third-order valence-corrected chi connectivity index (χ3v) is 3.05. The molecule has 1 fully saturated rings. The minimum absolute atomic E-state index is 0.894. The SMILES string of the molecule is NCCC1CCCCCCCC1. The van der Waals surface area contributed by atoms with E-state index in [1.807, 2.05) is 0 Å². The van der Waals surface area contributed by atoms with Gasteiger partial charge in [-0.25, -0.2) is 0 Å². The quantitative estimate of drug-likeness (QED) is 0.675. The molecule has 1 aliphatic rings. The monoisotopic (exact) mass is 169 g/mol. The Balaban J connectivity index is 2.19. The van der Waals surface area contributed by atoms with Crippen molar-refractivity contribution in [1.82, 2.24) is 0 Å². The minimum Gasteiger partial charge on any atom is -0.330 e. The Morgan fingerprint density at radius 3 is 1.83 bits per heavy atom. The highest BCUT2D eigenvalue weighted by Gasteiger charge is 2.08. The molecule has 1 saturated carbocycles. The van der Waals surface area contributed by atoms with Crippen molar-refractivity contribution in [2.24, 2.45) is 11.7 Å². The fourth-order valence-electron chi connectivity index (χ4n) is 2.24. The fraction of sp³-hybridized carbons (Fsp3) is 1.00. The molecule has 2 N–H and O–H groups in total. The van der Waals surface area contributed by atoms with Crippen LogP contribution < -0.4 is 5.73 Å². The van der Waals surface area contributed by atoms with Crippen molar-refractivity contribution in [2.45, 2.75) is 57.8 Å². The molecule has 0 saturated heterocycles. The van der Waals surface area contributed by atoms with E-state index in [1.165, 1.54) is 57.8 Å². The molecule has 0 amide bonds. The van der Waals surface area contributed by atoms with Gasteiger partial charge in [0, 0.05) is 0 Å². The van der Waals surface area contributed by atoms with Gasteiger partial charge in [0.2, 0.25) is 0 Å². The van der Waals surface area contributed by atoms with E-state index in [2.05, 4.69) is 0 Å². The average Bonchev–Trinajstić information content (AvgIpc) is 2.19. The highest BCUT2D eigenvalue weighted by Crippen LogP contribution is 2.23. The topological polar surface area (TPSA) is 26.0 Å². The maximum Gasteiger partial charge on any atom is -0.00746 e. The summed E-state index contributed by atoms with van der Waals surface area (Å²) in [7, 11) is 0. The summed E-state index contributed by atoms with van der Waals surface area (Å²) in [4.78, 5) is 0. The predicted octanol–water partition coefficient (Wildman–Crippen LogP) is 3.09. The van der Waals surface area contributed by atoms with E-state index in [4.69, 9.17) is 5.73 Å². The molecule has 0 radical (unpaired) electrons. The minimum atomic E-state index is 0.894. The zero-order valence-electron chi connectivity index (χ0n) is 8.23. The van der Waals surface area contributed by atoms with Crippen molar-refractivity contribution in [3.05, 3.63) is 0 Å². The Hall–Kier alpha value is -0.0400. The van der Waals surface area contributed by atoms with Gasteiger partial charge >= 0.3 is 0 Å². The van der Waals surface area contributed by atoms with Gasteiger partial charge in [-0.2, -0.15) is 0 Å². The highest BCUT2D eigenvalue weighted by atomic mass is 14.5. The average molecular weight is 169 g/mol. The lowest BCUT2D eigenvalue weighted by molar-refractivity contribution is 0.406. The molecule has 0 bridgehead atoms. The first-order chi connectivity index (χ1) is 5.93. The van der Waals surface area contributed by atoms with E-state index in [-0.39, 0.29) is 0 Å². The summed E-state index contributed by atoms with van der Waals surface area (Å²) >= 11 is 0. The Bertz CT molecular complexity index is 91.2. The van der Waals surface area contributed by atoms with E-state index in [1.54, 1.807) is 0 Å². The number of hydrogen-bond donors (Lipinski definition) is 1. The van der Waals surface area contributed by atoms with E-state index < -0.39 is 0 Å². The molecular weight excluding hydrogens is 146 g/mol. The van der Waals surface area contributed by atoms with Crippen molar-refractivity contribution < 1.29 is 0 Å². The molecule has 0 aromatic carbocycles. The molecule has 0 unspecified atom stereocenters. The van der Waals surface area contributed by atoms with E-state index >= 15 is 0 Å². The molecule has 1 rings (SSSR count). The number of rotatable bonds is 2. The lowest BCUT2D eigenvalue weighted by Crippen LogP contribution is -2.08. The third-order valence-electron chi connectivity index (χ3n) is 3.05. The zero-order chi connectivity index (χ0) is 8.65. The van der Waals surface area contributed by atoms with Crippen LogP contribution in [-0.2, 0) is 0 Å². The molecule has 0 aromatic heterocycles. The van der Waals surface area contributed by atoms with Crippen molar-refractivity contribution in [3.63, 3.8) is 0 Å². The Morgan fingerprint density at radius 1 is 0.833 bits per heavy atom. The Kier molecular flexibility index (Phi) is 5.42. The number of hydrogen-bond acceptors (Lipinski definition) is 1. The van der Waals surface area contributed by atoms with Crippen LogP contribution in [-0.4, -0.2) is 6.54 Å². The molecule has 0 aliphatic heterocycles. The summed E-state index contributed by atoms with van der Waals surface area (Å²) in [6.07, 6.45) is 12.9. The summed E-state index contributed by atoms with van der Waals surface area (Å²) in [5.41, 5.74) is 5.59. The van der Waals surface area contributed by atoms with Crippen LogP contribution in [0.3, 0.4) is 0 Å². The third kappa shape index (κ3) is 4.10. The van der Waals surface area contributed by atoms with E-state index in [0.717, 1.165) is 12.5 Å². The van der Waals surface area contributed by atoms with Crippen LogP contribution in [0.25, 0.3) is 0 Å². The van der Waals surface area contributed by atoms with Crippen LogP contribution in [0.2, 0.25) is 0 Å². The predicted molar refractivity (Wildman–Crippen MR) is 54.1 cm³/mol. The molecule has 1 heteroatoms. The first-order valence-electron chi connectivity index (χ1n) is 5.63. The van der Waals surface area contributed by atoms with Gasteiger partial charge in [-0.15, -0.1) is 0 Å². The van der Waals surface area contributed by atoms with Gasteiger partial charge in [0.1, 0.15) is 0 Å². The second-order valence-corrected chi connectivity index (χ2v) is 4.14. The van der Waals surface area contributed by atoms with Crippen LogP contribution in [0.1, 0.15) is 57.8 Å². The van der Waals surface area contributed by atoms with Crippen molar-refractivity contribution in [3.8, 4) is 0 Å². The van der Waals surface area contributed by atoms with E-state index in [0.29, 0.717) is 0 Å². The standard InChI is InChI=1S/C11H23N/c12-10-9-11-7-5-3-1-2-4-6-8-11/h11H,1-10,12H2. The Labute approximate surface area is 76.7 Å². The van der Waals surface area contributed by atoms with Crippen LogP contribution in [0, 0.1) is 5.92 Å². The summed E-state index contributed by atoms with van der Waals surface area (Å²) < 4.78 is 0. The van der Waals surface area contributed by atoms with Crippen LogP contribution >= 0.6 is 0 Å². The first kappa shape index (κ1) is 10.0. The van der Waals surface area contributed by atoms with Crippen molar-refractivity contribution in [1.29, 1.82) is 0 Å². The van der Waals surface area contributed by atoms with Crippen LogP contribution in [0.5, 0.6) is 0 Å². The van der Waals surface area contributed by atoms with Gasteiger partial charge in [-0.05, 0) is 18.9 Å². The maximum absolute atomic E-state index is 5.59. The lowest BCUT2D eigenvalue weighted by Gasteiger charge is -2.13. The largest absolute Gasteiger partial charge is 0.330 e. The lowest BCUT2D eigenvalue weighted by atomic mass is 9.94. The van der Waals surface area contributed by atoms with Crippen LogP contribution in [0.15, 0.2) is 0 Å². The summed E-state index contributed by atoms with van der Waals surface area (Å²) in [6.45, 7) is 0.894. The second-order valence-electron chi connectivity index (χ2n) is 4.14. The van der Waals surface area contributed by atoms with Gasteiger partial charge in [-0.1, -0.05) is 51.4 Å². The molecule has 0 atom stereocenters. The molecule has 0 heterocycles. The molecule has 12 heavy (non-hydrogen) atoms. The smallest absolute Gasteiger partial charge is 0.00746 e. The van der Waals surface area contributed by atoms with Gasteiger partial charge in [0.15, 0.2) is 0 Å². The van der Waals surface area contributed by atoms with Crippen molar-refractivity contribution in [2.75, 3.05) is 6.54 Å². The number of nitrogens with two attached hydrogens (primary N) is 1. The molecule has 0 spiro atoms. The molecular formula is C11H23N. The summed E-state index contributed by atoms with van der Waals surface area (Å²) in [5, 5.41) is 0.